The van der Waals surface area contributed by atoms with E-state index in [1.165, 1.54) is 4.40 Å². The predicted octanol–water partition coefficient (Wildman–Crippen LogP) is 3.69. The molecule has 0 saturated carbocycles. The number of aromatic carboxylic acids is 1. The molecule has 2 heterocycles. The van der Waals surface area contributed by atoms with E-state index in [-0.39, 0.29) is 12.3 Å². The second kappa shape index (κ2) is 6.45. The molecule has 0 radical (unpaired) electrons. The third-order valence-corrected chi connectivity index (χ3v) is 3.73. The van der Waals surface area contributed by atoms with Crippen LogP contribution in [0.25, 0.3) is 5.52 Å². The van der Waals surface area contributed by atoms with E-state index in [2.05, 4.69) is 5.32 Å². The minimum Gasteiger partial charge on any atom is -0.477 e. The molecule has 0 unspecified atom stereocenters. The number of pyridine rings is 1. The molecule has 24 heavy (non-hydrogen) atoms. The van der Waals surface area contributed by atoms with Crippen LogP contribution in [0.5, 0.6) is 0 Å². The van der Waals surface area contributed by atoms with Gasteiger partial charge in [0.1, 0.15) is 12.3 Å². The third-order valence-electron chi connectivity index (χ3n) is 3.73. The van der Waals surface area contributed by atoms with Crippen molar-refractivity contribution < 1.29 is 19.4 Å². The number of nitrogens with one attached hydrogen (secondary N) is 1. The summed E-state index contributed by atoms with van der Waals surface area (Å²) in [6.07, 6.45) is 1.02. The van der Waals surface area contributed by atoms with Gasteiger partial charge >= 0.3 is 12.1 Å². The lowest BCUT2D eigenvalue weighted by Gasteiger charge is -2.07. The monoisotopic (exact) mass is 324 g/mol. The molecule has 0 atom stereocenters. The van der Waals surface area contributed by atoms with Crippen LogP contribution < -0.4 is 5.32 Å². The molecule has 0 saturated heterocycles. The predicted molar refractivity (Wildman–Crippen MR) is 89.3 cm³/mol. The van der Waals surface area contributed by atoms with Crippen LogP contribution in [-0.4, -0.2) is 21.6 Å². The average molecular weight is 324 g/mol. The molecule has 2 aromatic heterocycles. The Kier molecular flexibility index (Phi) is 4.20. The number of carboxylic acid groups (broad SMARTS) is 1. The number of carbonyl (C=O) groups excluding carboxylic acids is 1. The van der Waals surface area contributed by atoms with Gasteiger partial charge in [-0.3, -0.25) is 5.32 Å². The van der Waals surface area contributed by atoms with E-state index in [4.69, 9.17) is 4.74 Å². The maximum atomic E-state index is 12.1. The Morgan fingerprint density at radius 3 is 2.54 bits per heavy atom. The quantitative estimate of drug-likeness (QED) is 0.767. The number of fused-ring (bicyclic) bond motifs is 1. The van der Waals surface area contributed by atoms with Gasteiger partial charge in [-0.1, -0.05) is 36.4 Å². The van der Waals surface area contributed by atoms with Gasteiger partial charge in [-0.25, -0.2) is 9.59 Å². The number of ether oxygens (including phenoxy) is 1. The van der Waals surface area contributed by atoms with Crippen LogP contribution in [0.4, 0.5) is 10.5 Å². The van der Waals surface area contributed by atoms with Crippen LogP contribution in [0.3, 0.4) is 0 Å². The van der Waals surface area contributed by atoms with Crippen LogP contribution in [0.1, 0.15) is 21.6 Å². The third kappa shape index (κ3) is 2.94. The van der Waals surface area contributed by atoms with Crippen LogP contribution in [0, 0.1) is 6.92 Å². The van der Waals surface area contributed by atoms with E-state index < -0.39 is 12.1 Å². The van der Waals surface area contributed by atoms with E-state index in [1.807, 2.05) is 30.3 Å². The number of anilines is 1. The van der Waals surface area contributed by atoms with Crippen molar-refractivity contribution in [2.75, 3.05) is 5.32 Å². The topological polar surface area (TPSA) is 80.0 Å². The number of aromatic nitrogens is 1. The molecular weight excluding hydrogens is 308 g/mol. The first-order valence-electron chi connectivity index (χ1n) is 7.38. The van der Waals surface area contributed by atoms with E-state index >= 15 is 0 Å². The highest BCUT2D eigenvalue weighted by atomic mass is 16.5. The molecular formula is C18H16N2O4. The number of hydrogen-bond acceptors (Lipinski definition) is 3. The molecule has 1 aromatic carbocycles. The molecule has 0 aliphatic carbocycles. The molecule has 6 nitrogen and oxygen atoms in total. The van der Waals surface area contributed by atoms with Crippen LogP contribution in [0.2, 0.25) is 0 Å². The van der Waals surface area contributed by atoms with Gasteiger partial charge in [-0.05, 0) is 24.6 Å². The summed E-state index contributed by atoms with van der Waals surface area (Å²) >= 11 is 0. The Bertz CT molecular complexity index is 900. The first-order chi connectivity index (χ1) is 11.6. The highest BCUT2D eigenvalue weighted by molar-refractivity contribution is 5.99. The molecule has 0 spiro atoms. The lowest BCUT2D eigenvalue weighted by molar-refractivity contribution is 0.0688. The number of rotatable bonds is 4. The number of amides is 1. The molecule has 0 fully saturated rings. The minimum atomic E-state index is -1.06. The number of carbonyl (C=O) groups is 2. The molecule has 6 heteroatoms. The van der Waals surface area contributed by atoms with Crippen LogP contribution in [-0.2, 0) is 11.3 Å². The molecule has 0 aliphatic rings. The first kappa shape index (κ1) is 15.6. The van der Waals surface area contributed by atoms with Crippen molar-refractivity contribution in [1.82, 2.24) is 4.40 Å². The fraction of sp³-hybridized carbons (Fsp3) is 0.111. The lowest BCUT2D eigenvalue weighted by Crippen LogP contribution is -2.14. The molecule has 3 rings (SSSR count). The zero-order valence-electron chi connectivity index (χ0n) is 13.0. The lowest BCUT2D eigenvalue weighted by atomic mass is 10.2. The summed E-state index contributed by atoms with van der Waals surface area (Å²) in [7, 11) is 0. The molecule has 0 bridgehead atoms. The summed E-state index contributed by atoms with van der Waals surface area (Å²) < 4.78 is 6.73. The normalized spacial score (nSPS) is 10.5. The number of nitrogens with zero attached hydrogens (tertiary/aromatic N) is 1. The van der Waals surface area contributed by atoms with Crippen molar-refractivity contribution in [3.63, 3.8) is 0 Å². The fourth-order valence-electron chi connectivity index (χ4n) is 2.62. The Morgan fingerprint density at radius 2 is 1.83 bits per heavy atom. The number of carboxylic acids is 1. The Hall–Kier alpha value is -3.28. The summed E-state index contributed by atoms with van der Waals surface area (Å²) in [4.78, 5) is 23.6. The van der Waals surface area contributed by atoms with Gasteiger partial charge in [0.25, 0.3) is 0 Å². The SMILES string of the molecule is Cc1c(NC(=O)OCc2ccccc2)c2ccccn2c1C(=O)O. The smallest absolute Gasteiger partial charge is 0.412 e. The van der Waals surface area contributed by atoms with Gasteiger partial charge in [0, 0.05) is 11.8 Å². The van der Waals surface area contributed by atoms with Gasteiger partial charge in [0.2, 0.25) is 0 Å². The molecule has 2 N–H and O–H groups in total. The number of hydrogen-bond donors (Lipinski definition) is 2. The second-order valence-corrected chi connectivity index (χ2v) is 5.30. The fourth-order valence-corrected chi connectivity index (χ4v) is 2.62. The standard InChI is InChI=1S/C18H16N2O4/c1-12-15(14-9-5-6-10-20(14)16(12)17(21)22)19-18(23)24-11-13-7-3-2-4-8-13/h2-10H,11H2,1H3,(H,19,23)(H,21,22). The van der Waals surface area contributed by atoms with Gasteiger partial charge in [-0.15, -0.1) is 0 Å². The Balaban J connectivity index is 1.83. The Labute approximate surface area is 138 Å². The highest BCUT2D eigenvalue weighted by Gasteiger charge is 2.21. The highest BCUT2D eigenvalue weighted by Crippen LogP contribution is 2.28. The van der Waals surface area contributed by atoms with E-state index in [0.29, 0.717) is 16.8 Å². The van der Waals surface area contributed by atoms with E-state index in [9.17, 15) is 14.7 Å². The zero-order valence-corrected chi connectivity index (χ0v) is 13.0. The molecule has 0 aliphatic heterocycles. The second-order valence-electron chi connectivity index (χ2n) is 5.30. The Morgan fingerprint density at radius 1 is 1.12 bits per heavy atom. The largest absolute Gasteiger partial charge is 0.477 e. The summed E-state index contributed by atoms with van der Waals surface area (Å²) in [5.41, 5.74) is 2.50. The van der Waals surface area contributed by atoms with Gasteiger partial charge in [-0.2, -0.15) is 0 Å². The van der Waals surface area contributed by atoms with Crippen LogP contribution in [0.15, 0.2) is 54.7 Å². The van der Waals surface area contributed by atoms with Crippen molar-refractivity contribution in [1.29, 1.82) is 0 Å². The van der Waals surface area contributed by atoms with Crippen molar-refractivity contribution >= 4 is 23.3 Å². The maximum Gasteiger partial charge on any atom is 0.412 e. The maximum absolute atomic E-state index is 12.1. The van der Waals surface area contributed by atoms with Crippen molar-refractivity contribution in [3.8, 4) is 0 Å². The van der Waals surface area contributed by atoms with Gasteiger partial charge in [0.15, 0.2) is 0 Å². The zero-order chi connectivity index (χ0) is 17.1. The van der Waals surface area contributed by atoms with E-state index in [0.717, 1.165) is 5.56 Å². The first-order valence-corrected chi connectivity index (χ1v) is 7.38. The molecule has 1 amide bonds. The van der Waals surface area contributed by atoms with Crippen molar-refractivity contribution in [2.45, 2.75) is 13.5 Å². The van der Waals surface area contributed by atoms with Crippen LogP contribution >= 0.6 is 0 Å². The summed E-state index contributed by atoms with van der Waals surface area (Å²) in [6.45, 7) is 1.80. The average Bonchev–Trinajstić information content (AvgIpc) is 2.86. The summed E-state index contributed by atoms with van der Waals surface area (Å²) in [6, 6.07) is 14.6. The van der Waals surface area contributed by atoms with Gasteiger partial charge in [0.05, 0.1) is 11.2 Å². The molecule has 122 valence electrons. The minimum absolute atomic E-state index is 0.115. The number of benzene rings is 1. The summed E-state index contributed by atoms with van der Waals surface area (Å²) in [5, 5.41) is 12.1. The molecule has 3 aromatic rings. The van der Waals surface area contributed by atoms with Crippen molar-refractivity contribution in [2.24, 2.45) is 0 Å². The summed E-state index contributed by atoms with van der Waals surface area (Å²) in [5.74, 6) is -1.06. The van der Waals surface area contributed by atoms with Crippen molar-refractivity contribution in [3.05, 3.63) is 71.5 Å². The van der Waals surface area contributed by atoms with Gasteiger partial charge < -0.3 is 14.2 Å². The van der Waals surface area contributed by atoms with E-state index in [1.54, 1.807) is 31.3 Å².